The molecule has 6 aromatic rings. The van der Waals surface area contributed by atoms with Crippen LogP contribution in [-0.4, -0.2) is 17.6 Å². The predicted molar refractivity (Wildman–Crippen MR) is 188 cm³/mol. The molecule has 6 aromatic carbocycles. The molecule has 236 valence electrons. The van der Waals surface area contributed by atoms with E-state index in [0.717, 1.165) is 0 Å². The van der Waals surface area contributed by atoms with Gasteiger partial charge in [0.25, 0.3) is 0 Å². The Morgan fingerprint density at radius 3 is 0.574 bits per heavy atom. The molecule has 6 rings (SSSR count). The van der Waals surface area contributed by atoms with Gasteiger partial charge in [-0.05, 0) is 86.6 Å². The van der Waals surface area contributed by atoms with Gasteiger partial charge in [0.15, 0.2) is 4.66 Å². The lowest BCUT2D eigenvalue weighted by molar-refractivity contribution is 0.185. The van der Waals surface area contributed by atoms with Gasteiger partial charge in [0, 0.05) is 0 Å². The van der Waals surface area contributed by atoms with Crippen LogP contribution in [0.15, 0.2) is 182 Å². The molecule has 0 spiro atoms. The molecular formula is C39H36O6Si2. The fraction of sp³-hybridized carbons (Fsp3) is 0.0769. The second-order valence-electron chi connectivity index (χ2n) is 11.2. The number of para-hydroxylation sites is 6. The molecule has 0 unspecified atom stereocenters. The van der Waals surface area contributed by atoms with Crippen molar-refractivity contribution in [1.82, 2.24) is 0 Å². The van der Waals surface area contributed by atoms with Gasteiger partial charge in [-0.2, -0.15) is 0 Å². The summed E-state index contributed by atoms with van der Waals surface area (Å²) in [7, 11) is -8.31. The van der Waals surface area contributed by atoms with Gasteiger partial charge in [-0.15, -0.1) is 0 Å². The van der Waals surface area contributed by atoms with E-state index in [2.05, 4.69) is 0 Å². The molecule has 0 aromatic heterocycles. The smallest absolute Gasteiger partial charge is 0.483 e. The van der Waals surface area contributed by atoms with Crippen molar-refractivity contribution in [2.24, 2.45) is 0 Å². The minimum atomic E-state index is -4.16. The predicted octanol–water partition coefficient (Wildman–Crippen LogP) is 9.66. The number of benzene rings is 6. The summed E-state index contributed by atoms with van der Waals surface area (Å²) >= 11 is 0. The van der Waals surface area contributed by atoms with E-state index in [9.17, 15) is 0 Å². The minimum absolute atomic E-state index is 0.570. The van der Waals surface area contributed by atoms with Crippen molar-refractivity contribution in [3.63, 3.8) is 0 Å². The first kappa shape index (κ1) is 31.5. The van der Waals surface area contributed by atoms with Gasteiger partial charge in [0.1, 0.15) is 34.5 Å². The lowest BCUT2D eigenvalue weighted by atomic mass is 10.3. The maximum absolute atomic E-state index is 7.08. The summed E-state index contributed by atoms with van der Waals surface area (Å²) in [6, 6.07) is 57.2. The Labute approximate surface area is 278 Å². The highest BCUT2D eigenvalue weighted by Gasteiger charge is 2.82. The molecule has 47 heavy (non-hydrogen) atoms. The molecule has 0 saturated heterocycles. The molecule has 0 bridgehead atoms. The van der Waals surface area contributed by atoms with E-state index < -0.39 is 22.3 Å². The molecule has 0 aliphatic carbocycles. The van der Waals surface area contributed by atoms with Crippen LogP contribution in [0.3, 0.4) is 0 Å². The van der Waals surface area contributed by atoms with Gasteiger partial charge in [0.05, 0.1) is 0 Å². The molecule has 0 heterocycles. The summed E-state index contributed by atoms with van der Waals surface area (Å²) in [5.41, 5.74) is 0. The number of rotatable bonds is 14. The molecule has 0 aliphatic heterocycles. The Bertz CT molecular complexity index is 1460. The molecule has 0 fully saturated rings. The summed E-state index contributed by atoms with van der Waals surface area (Å²) in [6.45, 7) is 3.99. The van der Waals surface area contributed by atoms with E-state index in [0.29, 0.717) is 34.5 Å². The maximum Gasteiger partial charge on any atom is 0.713 e. The Morgan fingerprint density at radius 1 is 0.277 bits per heavy atom. The third-order valence-corrected chi connectivity index (χ3v) is 15.4. The fourth-order valence-corrected chi connectivity index (χ4v) is 11.8. The van der Waals surface area contributed by atoms with Crippen molar-refractivity contribution >= 4 is 17.6 Å². The monoisotopic (exact) mass is 656 g/mol. The highest BCUT2D eigenvalue weighted by atomic mass is 28.5. The molecule has 0 atom stereocenters. The van der Waals surface area contributed by atoms with E-state index in [1.54, 1.807) is 0 Å². The molecule has 0 radical (unpaired) electrons. The highest BCUT2D eigenvalue weighted by molar-refractivity contribution is 6.87. The lowest BCUT2D eigenvalue weighted by Crippen LogP contribution is -2.76. The largest absolute Gasteiger partial charge is 0.713 e. The van der Waals surface area contributed by atoms with Crippen LogP contribution in [0.25, 0.3) is 0 Å². The number of hydrogen-bond donors (Lipinski definition) is 0. The lowest BCUT2D eigenvalue weighted by Gasteiger charge is -2.46. The van der Waals surface area contributed by atoms with Crippen LogP contribution < -0.4 is 26.6 Å². The Kier molecular flexibility index (Phi) is 9.61. The Morgan fingerprint density at radius 2 is 0.426 bits per heavy atom. The zero-order chi connectivity index (χ0) is 32.4. The molecular weight excluding hydrogens is 621 g/mol. The molecule has 0 N–H and O–H groups in total. The summed E-state index contributed by atoms with van der Waals surface area (Å²) in [6.07, 6.45) is 0. The first-order chi connectivity index (χ1) is 23.0. The van der Waals surface area contributed by atoms with Crippen molar-refractivity contribution in [2.75, 3.05) is 0 Å². The van der Waals surface area contributed by atoms with Crippen LogP contribution in [0, 0.1) is 0 Å². The van der Waals surface area contributed by atoms with E-state index >= 15 is 0 Å². The van der Waals surface area contributed by atoms with Gasteiger partial charge in [-0.3, -0.25) is 0 Å². The maximum atomic E-state index is 7.08. The van der Waals surface area contributed by atoms with Crippen LogP contribution in [0.5, 0.6) is 34.5 Å². The Hall–Kier alpha value is -5.45. The topological polar surface area (TPSA) is 55.4 Å². The average molecular weight is 657 g/mol. The fourth-order valence-electron chi connectivity index (χ4n) is 4.94. The minimum Gasteiger partial charge on any atom is -0.483 e. The summed E-state index contributed by atoms with van der Waals surface area (Å²) in [4.78, 5) is 0. The second kappa shape index (κ2) is 14.3. The summed E-state index contributed by atoms with van der Waals surface area (Å²) < 4.78 is 41.3. The Balaban J connectivity index is 1.62. The highest BCUT2D eigenvalue weighted by Crippen LogP contribution is 2.50. The molecule has 0 saturated carbocycles. The van der Waals surface area contributed by atoms with Gasteiger partial charge in [-0.25, -0.2) is 0 Å². The van der Waals surface area contributed by atoms with Gasteiger partial charge in [-0.1, -0.05) is 109 Å². The average Bonchev–Trinajstić information content (AvgIpc) is 3.11. The third-order valence-electron chi connectivity index (χ3n) is 7.50. The van der Waals surface area contributed by atoms with Crippen LogP contribution in [0.2, 0.25) is 4.66 Å². The first-order valence-electron chi connectivity index (χ1n) is 15.4. The van der Waals surface area contributed by atoms with Crippen LogP contribution in [0.1, 0.15) is 13.8 Å². The van der Waals surface area contributed by atoms with Crippen LogP contribution in [0.4, 0.5) is 0 Å². The van der Waals surface area contributed by atoms with Crippen molar-refractivity contribution in [2.45, 2.75) is 18.5 Å². The van der Waals surface area contributed by atoms with E-state index in [1.165, 1.54) is 0 Å². The molecule has 0 aliphatic rings. The van der Waals surface area contributed by atoms with E-state index in [1.807, 2.05) is 196 Å². The summed E-state index contributed by atoms with van der Waals surface area (Å²) in [5.74, 6) is 3.42. The van der Waals surface area contributed by atoms with Crippen molar-refractivity contribution in [1.29, 1.82) is 0 Å². The standard InChI is InChI=1S/C39H36O6Si2/c1-39(2,46(40-33-21-9-3-10-22-33,41-34-23-11-4-12-24-34)42-35-25-13-5-14-26-35)47(43-36-27-15-6-16-28-36,44-37-29-17-7-18-30-37)45-38-31-19-8-20-32-38/h3-32H,1-2H3. The van der Waals surface area contributed by atoms with Gasteiger partial charge in [0.2, 0.25) is 0 Å². The van der Waals surface area contributed by atoms with Gasteiger partial charge >= 0.3 is 17.6 Å². The molecule has 6 nitrogen and oxygen atoms in total. The van der Waals surface area contributed by atoms with Crippen LogP contribution in [-0.2, 0) is 0 Å². The SMILES string of the molecule is CC(C)([Si](Oc1ccccc1)(Oc1ccccc1)Oc1ccccc1)[Si](Oc1ccccc1)(Oc1ccccc1)Oc1ccccc1. The quantitative estimate of drug-likeness (QED) is 0.109. The third kappa shape index (κ3) is 7.35. The van der Waals surface area contributed by atoms with Crippen molar-refractivity contribution in [3.8, 4) is 34.5 Å². The van der Waals surface area contributed by atoms with Gasteiger partial charge < -0.3 is 26.6 Å². The van der Waals surface area contributed by atoms with E-state index in [4.69, 9.17) is 26.6 Å². The van der Waals surface area contributed by atoms with E-state index in [-0.39, 0.29) is 0 Å². The molecule has 8 heteroatoms. The summed E-state index contributed by atoms with van der Waals surface area (Å²) in [5, 5.41) is 0. The molecule has 0 amide bonds. The number of hydrogen-bond acceptors (Lipinski definition) is 6. The van der Waals surface area contributed by atoms with Crippen molar-refractivity contribution < 1.29 is 26.6 Å². The normalized spacial score (nSPS) is 11.6. The zero-order valence-corrected chi connectivity index (χ0v) is 28.3. The van der Waals surface area contributed by atoms with Crippen LogP contribution >= 0.6 is 0 Å². The zero-order valence-electron chi connectivity index (χ0n) is 26.3. The van der Waals surface area contributed by atoms with Crippen molar-refractivity contribution in [3.05, 3.63) is 182 Å². The first-order valence-corrected chi connectivity index (χ1v) is 18.9. The second-order valence-corrected chi connectivity index (χ2v) is 17.7.